The van der Waals surface area contributed by atoms with Crippen LogP contribution in [0.2, 0.25) is 0 Å². The predicted octanol–water partition coefficient (Wildman–Crippen LogP) is 4.63. The largest absolute Gasteiger partial charge is 1.00 e. The smallest absolute Gasteiger partial charge is 0.213 e. The highest BCUT2D eigenvalue weighted by atomic mass is 127. The van der Waals surface area contributed by atoms with Crippen LogP contribution < -0.4 is 42.9 Å². The zero-order valence-electron chi connectivity index (χ0n) is 21.4. The van der Waals surface area contributed by atoms with Crippen LogP contribution in [0.5, 0.6) is 11.5 Å². The second-order valence-electron chi connectivity index (χ2n) is 8.63. The van der Waals surface area contributed by atoms with Crippen LogP contribution in [0.3, 0.4) is 0 Å². The predicted molar refractivity (Wildman–Crippen MR) is 157 cm³/mol. The van der Waals surface area contributed by atoms with Crippen molar-refractivity contribution in [2.24, 2.45) is 7.05 Å². The van der Waals surface area contributed by atoms with Crippen LogP contribution in [0.1, 0.15) is 11.3 Å². The molecule has 4 aromatic rings. The molecule has 4 rings (SSSR count). The molecule has 7 heteroatoms. The third kappa shape index (κ3) is 6.75. The molecule has 4 nitrogen and oxygen atoms in total. The molecule has 192 valence electrons. The number of hydrogen-bond donors (Lipinski definition) is 0. The van der Waals surface area contributed by atoms with Gasteiger partial charge in [-0.3, -0.25) is 0 Å². The lowest BCUT2D eigenvalue weighted by Gasteiger charge is -2.13. The quantitative estimate of drug-likeness (QED) is 0.205. The Bertz CT molecular complexity index is 1380. The van der Waals surface area contributed by atoms with Gasteiger partial charge < -0.3 is 38.4 Å². The number of ether oxygens (including phenoxy) is 2. The number of methoxy groups -OCH3 is 2. The SMILES string of the molecule is COc1cc(-c2cc(C=Cc3ccc(N(C)C)cc3)[n+](C)c(-c3ccc(Br)cc3)c2)cc(OC)c1Br.[I-]. The van der Waals surface area contributed by atoms with Gasteiger partial charge in [-0.2, -0.15) is 4.57 Å². The number of nitrogens with zero attached hydrogens (tertiary/aromatic N) is 2. The molecule has 0 aliphatic carbocycles. The molecule has 37 heavy (non-hydrogen) atoms. The van der Waals surface area contributed by atoms with Crippen molar-refractivity contribution in [1.29, 1.82) is 0 Å². The molecular formula is C30H29Br2IN2O2. The average Bonchev–Trinajstić information content (AvgIpc) is 2.89. The number of aromatic nitrogens is 1. The molecule has 0 spiro atoms. The standard InChI is InChI=1S/C30H29Br2N2O2.HI/c1-33(2)25-13-6-20(7-14-25)8-15-26-16-22(23-18-28(35-4)30(32)29(19-23)36-5)17-27(34(26)3)21-9-11-24(31)12-10-21;/h6-19H,1-5H3;1H/q+1;/p-1. The van der Waals surface area contributed by atoms with Gasteiger partial charge >= 0.3 is 0 Å². The lowest BCUT2D eigenvalue weighted by Crippen LogP contribution is -3.00. The van der Waals surface area contributed by atoms with E-state index < -0.39 is 0 Å². The third-order valence-electron chi connectivity index (χ3n) is 6.12. The number of rotatable bonds is 7. The first-order valence-corrected chi connectivity index (χ1v) is 13.1. The summed E-state index contributed by atoms with van der Waals surface area (Å²) in [5, 5.41) is 0. The Morgan fingerprint density at radius 1 is 0.730 bits per heavy atom. The summed E-state index contributed by atoms with van der Waals surface area (Å²) >= 11 is 7.14. The number of anilines is 1. The summed E-state index contributed by atoms with van der Waals surface area (Å²) in [5.74, 6) is 1.45. The maximum atomic E-state index is 5.61. The van der Waals surface area contributed by atoms with E-state index in [4.69, 9.17) is 9.47 Å². The highest BCUT2D eigenvalue weighted by Gasteiger charge is 2.19. The Balaban J connectivity index is 0.00000380. The fraction of sp³-hybridized carbons (Fsp3) is 0.167. The van der Waals surface area contributed by atoms with Gasteiger partial charge in [-0.1, -0.05) is 28.1 Å². The summed E-state index contributed by atoms with van der Waals surface area (Å²) < 4.78 is 15.3. The van der Waals surface area contributed by atoms with Crippen LogP contribution in [-0.4, -0.2) is 28.3 Å². The highest BCUT2D eigenvalue weighted by molar-refractivity contribution is 9.11. The minimum atomic E-state index is 0. The molecule has 0 N–H and O–H groups in total. The van der Waals surface area contributed by atoms with Gasteiger partial charge in [-0.05, 0) is 87.2 Å². The van der Waals surface area contributed by atoms with Crippen LogP contribution in [-0.2, 0) is 7.05 Å². The van der Waals surface area contributed by atoms with E-state index in [-0.39, 0.29) is 24.0 Å². The van der Waals surface area contributed by atoms with Crippen molar-refractivity contribution in [3.8, 4) is 33.9 Å². The number of hydrogen-bond acceptors (Lipinski definition) is 3. The fourth-order valence-electron chi connectivity index (χ4n) is 4.01. The van der Waals surface area contributed by atoms with Crippen LogP contribution in [0, 0.1) is 0 Å². The summed E-state index contributed by atoms with van der Waals surface area (Å²) in [6.45, 7) is 0. The van der Waals surface area contributed by atoms with Gasteiger partial charge in [-0.15, -0.1) is 0 Å². The summed E-state index contributed by atoms with van der Waals surface area (Å²) in [5.41, 5.74) is 7.70. The van der Waals surface area contributed by atoms with Crippen molar-refractivity contribution in [1.82, 2.24) is 0 Å². The van der Waals surface area contributed by atoms with Crippen LogP contribution in [0.4, 0.5) is 5.69 Å². The first kappa shape index (κ1) is 29.2. The Labute approximate surface area is 253 Å². The molecule has 0 fully saturated rings. The molecule has 0 aliphatic heterocycles. The van der Waals surface area contributed by atoms with Crippen molar-refractivity contribution in [3.63, 3.8) is 0 Å². The second-order valence-corrected chi connectivity index (χ2v) is 10.3. The molecular weight excluding hydrogens is 707 g/mol. The van der Waals surface area contributed by atoms with Crippen molar-refractivity contribution >= 4 is 49.7 Å². The van der Waals surface area contributed by atoms with E-state index in [0.717, 1.165) is 54.1 Å². The molecule has 0 amide bonds. The first-order chi connectivity index (χ1) is 17.3. The van der Waals surface area contributed by atoms with Crippen molar-refractivity contribution in [3.05, 3.63) is 93.0 Å². The van der Waals surface area contributed by atoms with Gasteiger partial charge in [0.05, 0.1) is 14.2 Å². The molecule has 0 atom stereocenters. The van der Waals surface area contributed by atoms with Crippen molar-refractivity contribution in [2.45, 2.75) is 0 Å². The van der Waals surface area contributed by atoms with Crippen molar-refractivity contribution in [2.75, 3.05) is 33.2 Å². The third-order valence-corrected chi connectivity index (χ3v) is 7.43. The van der Waals surface area contributed by atoms with Crippen molar-refractivity contribution < 1.29 is 38.0 Å². The van der Waals surface area contributed by atoms with E-state index in [9.17, 15) is 0 Å². The molecule has 0 saturated carbocycles. The van der Waals surface area contributed by atoms with E-state index in [1.165, 1.54) is 5.69 Å². The fourth-order valence-corrected chi connectivity index (χ4v) is 4.82. The lowest BCUT2D eigenvalue weighted by molar-refractivity contribution is -0.662. The van der Waals surface area contributed by atoms with E-state index in [0.29, 0.717) is 0 Å². The molecule has 1 aromatic heterocycles. The maximum Gasteiger partial charge on any atom is 0.213 e. The zero-order valence-corrected chi connectivity index (χ0v) is 26.8. The summed E-state index contributed by atoms with van der Waals surface area (Å²) in [4.78, 5) is 2.10. The number of pyridine rings is 1. The van der Waals surface area contributed by atoms with Gasteiger partial charge in [0.1, 0.15) is 23.0 Å². The van der Waals surface area contributed by atoms with Gasteiger partial charge in [0.25, 0.3) is 0 Å². The summed E-state index contributed by atoms with van der Waals surface area (Å²) in [6, 6.07) is 25.4. The Hall–Kier alpha value is -2.36. The number of benzene rings is 3. The lowest BCUT2D eigenvalue weighted by atomic mass is 10.0. The topological polar surface area (TPSA) is 25.6 Å². The minimum Gasteiger partial charge on any atom is -1.00 e. The molecule has 0 radical (unpaired) electrons. The Morgan fingerprint density at radius 3 is 1.84 bits per heavy atom. The van der Waals surface area contributed by atoms with Crippen LogP contribution >= 0.6 is 31.9 Å². The number of halogens is 3. The highest BCUT2D eigenvalue weighted by Crippen LogP contribution is 2.39. The van der Waals surface area contributed by atoms with Gasteiger partial charge in [-0.25, -0.2) is 0 Å². The first-order valence-electron chi connectivity index (χ1n) is 11.5. The summed E-state index contributed by atoms with van der Waals surface area (Å²) in [6.07, 6.45) is 4.30. The molecule has 3 aromatic carbocycles. The monoisotopic (exact) mass is 734 g/mol. The van der Waals surface area contributed by atoms with Crippen LogP contribution in [0.15, 0.2) is 81.7 Å². The molecule has 0 saturated heterocycles. The molecule has 0 aliphatic rings. The van der Waals surface area contributed by atoms with E-state index in [1.807, 2.05) is 26.2 Å². The van der Waals surface area contributed by atoms with Gasteiger partial charge in [0.15, 0.2) is 0 Å². The second kappa shape index (κ2) is 12.9. The summed E-state index contributed by atoms with van der Waals surface area (Å²) in [7, 11) is 9.52. The minimum absolute atomic E-state index is 0. The molecule has 1 heterocycles. The maximum absolute atomic E-state index is 5.61. The average molecular weight is 736 g/mol. The zero-order chi connectivity index (χ0) is 25.8. The van der Waals surface area contributed by atoms with Gasteiger partial charge in [0, 0.05) is 48.0 Å². The van der Waals surface area contributed by atoms with Crippen LogP contribution in [0.25, 0.3) is 34.5 Å². The Kier molecular flexibility index (Phi) is 10.2. The van der Waals surface area contributed by atoms with E-state index >= 15 is 0 Å². The van der Waals surface area contributed by atoms with E-state index in [2.05, 4.69) is 121 Å². The Morgan fingerprint density at radius 2 is 1.30 bits per heavy atom. The molecule has 0 bridgehead atoms. The van der Waals surface area contributed by atoms with E-state index in [1.54, 1.807) is 14.2 Å². The van der Waals surface area contributed by atoms with Gasteiger partial charge in [0.2, 0.25) is 11.4 Å². The normalized spacial score (nSPS) is 10.8. The molecule has 0 unspecified atom stereocenters.